The molecule has 25 heavy (non-hydrogen) atoms. The Hall–Kier alpha value is -0.610. The highest BCUT2D eigenvalue weighted by Crippen LogP contribution is 2.42. The van der Waals surface area contributed by atoms with Gasteiger partial charge in [0.1, 0.15) is 10.5 Å². The number of morpholine rings is 1. The summed E-state index contributed by atoms with van der Waals surface area (Å²) < 4.78 is 5.73. The lowest BCUT2D eigenvalue weighted by atomic mass is 10.1. The van der Waals surface area contributed by atoms with Gasteiger partial charge in [0.25, 0.3) is 0 Å². The van der Waals surface area contributed by atoms with Crippen molar-refractivity contribution in [3.05, 3.63) is 0 Å². The molecule has 0 aromatic rings. The van der Waals surface area contributed by atoms with Crippen molar-refractivity contribution < 1.29 is 14.7 Å². The van der Waals surface area contributed by atoms with E-state index in [-0.39, 0.29) is 4.75 Å². The quantitative estimate of drug-likeness (QED) is 0.298. The number of thiocarbonyl (C=S) groups is 1. The molecule has 0 bridgehead atoms. The molecule has 0 aromatic carbocycles. The van der Waals surface area contributed by atoms with E-state index in [0.717, 1.165) is 55.1 Å². The van der Waals surface area contributed by atoms with E-state index >= 15 is 0 Å². The Morgan fingerprint density at radius 2 is 2.12 bits per heavy atom. The molecular weight excluding hydrogens is 360 g/mol. The zero-order chi connectivity index (χ0) is 18.4. The third kappa shape index (κ3) is 5.43. The molecule has 2 amide bonds. The summed E-state index contributed by atoms with van der Waals surface area (Å²) in [7, 11) is 0. The molecule has 2 saturated heterocycles. The van der Waals surface area contributed by atoms with Crippen molar-refractivity contribution in [2.24, 2.45) is 0 Å². The van der Waals surface area contributed by atoms with Gasteiger partial charge in [0.05, 0.1) is 18.0 Å². The number of nitrogens with zero attached hydrogens (tertiary/aromatic N) is 3. The second-order valence-electron chi connectivity index (χ2n) is 6.92. The fraction of sp³-hybridized carbons (Fsp3) is 0.875. The monoisotopic (exact) mass is 390 g/mol. The molecule has 2 aliphatic rings. The molecule has 0 radical (unpaired) electrons. The molecule has 1 unspecified atom stereocenters. The summed E-state index contributed by atoms with van der Waals surface area (Å²) >= 11 is 7.05. The van der Waals surface area contributed by atoms with Crippen LogP contribution in [-0.2, 0) is 4.74 Å². The van der Waals surface area contributed by atoms with Gasteiger partial charge in [-0.05, 0) is 20.3 Å². The maximum Gasteiger partial charge on any atom is 0.343 e. The van der Waals surface area contributed by atoms with E-state index in [1.165, 1.54) is 11.8 Å². The van der Waals surface area contributed by atoms with Crippen molar-refractivity contribution >= 4 is 34.3 Å². The van der Waals surface area contributed by atoms with Gasteiger partial charge in [0.15, 0.2) is 0 Å². The minimum atomic E-state index is -0.479. The summed E-state index contributed by atoms with van der Waals surface area (Å²) in [5, 5.41) is 14.1. The van der Waals surface area contributed by atoms with Gasteiger partial charge < -0.3 is 15.0 Å². The van der Waals surface area contributed by atoms with Crippen LogP contribution < -0.4 is 5.32 Å². The average Bonchev–Trinajstić information content (AvgIpc) is 2.81. The van der Waals surface area contributed by atoms with Crippen LogP contribution in [0.4, 0.5) is 4.79 Å². The fourth-order valence-electron chi connectivity index (χ4n) is 3.09. The predicted octanol–water partition coefficient (Wildman–Crippen LogP) is 1.96. The van der Waals surface area contributed by atoms with Crippen molar-refractivity contribution in [3.63, 3.8) is 0 Å². The number of rotatable bonds is 7. The number of amides is 2. The highest BCUT2D eigenvalue weighted by molar-refractivity contribution is 8.24. The van der Waals surface area contributed by atoms with E-state index in [4.69, 9.17) is 17.0 Å². The number of unbranched alkanes of at least 4 members (excludes halogenated alkanes) is 1. The second kappa shape index (κ2) is 9.36. The van der Waals surface area contributed by atoms with Gasteiger partial charge >= 0.3 is 6.03 Å². The molecule has 9 heteroatoms. The van der Waals surface area contributed by atoms with E-state index in [2.05, 4.69) is 17.1 Å². The number of carbonyl (C=O) groups excluding carboxylic acids is 1. The van der Waals surface area contributed by atoms with Crippen molar-refractivity contribution in [1.82, 2.24) is 20.2 Å². The van der Waals surface area contributed by atoms with Crippen LogP contribution >= 0.6 is 24.0 Å². The molecule has 1 atom stereocenters. The Balaban J connectivity index is 1.99. The topological polar surface area (TPSA) is 68.3 Å². The molecule has 2 N–H and O–H groups in total. The van der Waals surface area contributed by atoms with Gasteiger partial charge in [0, 0.05) is 32.7 Å². The average molecular weight is 391 g/mol. The molecule has 2 aliphatic heterocycles. The van der Waals surface area contributed by atoms with Crippen LogP contribution in [0.2, 0.25) is 0 Å². The van der Waals surface area contributed by atoms with Crippen LogP contribution in [0.3, 0.4) is 0 Å². The zero-order valence-corrected chi connectivity index (χ0v) is 17.0. The van der Waals surface area contributed by atoms with E-state index < -0.39 is 12.2 Å². The Morgan fingerprint density at radius 1 is 1.44 bits per heavy atom. The lowest BCUT2D eigenvalue weighted by molar-refractivity contribution is -0.119. The van der Waals surface area contributed by atoms with Crippen molar-refractivity contribution in [2.75, 3.05) is 45.9 Å². The Kier molecular flexibility index (Phi) is 7.75. The number of hydrogen-bond acceptors (Lipinski definition) is 6. The summed E-state index contributed by atoms with van der Waals surface area (Å²) in [4.78, 5) is 16.6. The highest BCUT2D eigenvalue weighted by atomic mass is 32.2. The third-order valence-electron chi connectivity index (χ3n) is 4.51. The predicted molar refractivity (Wildman–Crippen MR) is 104 cm³/mol. The molecule has 2 rings (SSSR count). The Bertz CT molecular complexity index is 472. The maximum absolute atomic E-state index is 12.3. The van der Waals surface area contributed by atoms with Crippen LogP contribution in [0.25, 0.3) is 0 Å². The third-order valence-corrected chi connectivity index (χ3v) is 6.14. The number of hydroxylamine groups is 2. The van der Waals surface area contributed by atoms with E-state index in [1.807, 2.05) is 18.7 Å². The molecule has 7 nitrogen and oxygen atoms in total. The highest BCUT2D eigenvalue weighted by Gasteiger charge is 2.49. The zero-order valence-electron chi connectivity index (χ0n) is 15.4. The lowest BCUT2D eigenvalue weighted by Gasteiger charge is -2.38. The molecule has 0 aliphatic carbocycles. The van der Waals surface area contributed by atoms with Crippen LogP contribution in [0, 0.1) is 0 Å². The second-order valence-corrected chi connectivity index (χ2v) is 9.21. The first-order chi connectivity index (χ1) is 11.9. The van der Waals surface area contributed by atoms with E-state index in [9.17, 15) is 10.0 Å². The summed E-state index contributed by atoms with van der Waals surface area (Å²) in [5.41, 5.74) is 0. The van der Waals surface area contributed by atoms with Crippen molar-refractivity contribution in [3.8, 4) is 0 Å². The number of carbonyl (C=O) groups is 1. The minimum absolute atomic E-state index is 0.376. The van der Waals surface area contributed by atoms with Crippen LogP contribution in [0.1, 0.15) is 33.6 Å². The number of urea groups is 1. The van der Waals surface area contributed by atoms with Crippen LogP contribution in [-0.4, -0.2) is 87.3 Å². The normalized spacial score (nSPS) is 23.8. The SMILES string of the molecule is CCCCNC(=O)N(O)C1N(CCN2CCOCC2)C(=S)SC1(C)C. The standard InChI is InChI=1S/C16H30N4O3S2/c1-4-5-6-17-14(21)20(22)13-16(2,3)25-15(24)19(13)8-7-18-9-11-23-12-10-18/h13,22H,4-12H2,1-3H3,(H,17,21). The Morgan fingerprint density at radius 3 is 2.76 bits per heavy atom. The number of hydrogen-bond donors (Lipinski definition) is 2. The molecule has 0 aromatic heterocycles. The lowest BCUT2D eigenvalue weighted by Crippen LogP contribution is -2.58. The number of ether oxygens (including phenoxy) is 1. The summed E-state index contributed by atoms with van der Waals surface area (Å²) in [6.07, 6.45) is 1.40. The fourth-order valence-corrected chi connectivity index (χ4v) is 5.02. The minimum Gasteiger partial charge on any atom is -0.379 e. The molecule has 0 saturated carbocycles. The smallest absolute Gasteiger partial charge is 0.343 e. The molecule has 0 spiro atoms. The first-order valence-corrected chi connectivity index (χ1v) is 10.1. The molecule has 2 fully saturated rings. The molecule has 2 heterocycles. The van der Waals surface area contributed by atoms with Crippen LogP contribution in [0.15, 0.2) is 0 Å². The van der Waals surface area contributed by atoms with Gasteiger partial charge in [-0.15, -0.1) is 0 Å². The van der Waals surface area contributed by atoms with Gasteiger partial charge in [-0.1, -0.05) is 37.3 Å². The molecule has 144 valence electrons. The van der Waals surface area contributed by atoms with Crippen LogP contribution in [0.5, 0.6) is 0 Å². The number of nitrogens with one attached hydrogen (secondary N) is 1. The maximum atomic E-state index is 12.3. The summed E-state index contributed by atoms with van der Waals surface area (Å²) in [6, 6.07) is -0.465. The largest absolute Gasteiger partial charge is 0.379 e. The number of thioether (sulfide) groups is 1. The van der Waals surface area contributed by atoms with E-state index in [1.54, 1.807) is 0 Å². The van der Waals surface area contributed by atoms with Gasteiger partial charge in [-0.3, -0.25) is 10.1 Å². The van der Waals surface area contributed by atoms with E-state index in [0.29, 0.717) is 13.1 Å². The van der Waals surface area contributed by atoms with Gasteiger partial charge in [-0.2, -0.15) is 5.06 Å². The first kappa shape index (κ1) is 20.7. The summed E-state index contributed by atoms with van der Waals surface area (Å²) in [6.45, 7) is 11.5. The Labute approximate surface area is 160 Å². The van der Waals surface area contributed by atoms with Gasteiger partial charge in [-0.25, -0.2) is 4.79 Å². The molecular formula is C16H30N4O3S2. The van der Waals surface area contributed by atoms with Crippen molar-refractivity contribution in [2.45, 2.75) is 44.5 Å². The first-order valence-electron chi connectivity index (χ1n) is 8.92. The van der Waals surface area contributed by atoms with Crippen molar-refractivity contribution in [1.29, 1.82) is 0 Å². The van der Waals surface area contributed by atoms with Gasteiger partial charge in [0.2, 0.25) is 0 Å². The summed E-state index contributed by atoms with van der Waals surface area (Å²) in [5.74, 6) is 0.